The van der Waals surface area contributed by atoms with E-state index < -0.39 is 11.7 Å². The third-order valence-electron chi connectivity index (χ3n) is 4.08. The highest BCUT2D eigenvalue weighted by molar-refractivity contribution is 5.94. The maximum atomic E-state index is 13.1. The third-order valence-corrected chi connectivity index (χ3v) is 4.08. The normalized spacial score (nSPS) is 10.5. The summed E-state index contributed by atoms with van der Waals surface area (Å²) in [4.78, 5) is 29.8. The van der Waals surface area contributed by atoms with Gasteiger partial charge in [-0.05, 0) is 18.2 Å². The Morgan fingerprint density at radius 1 is 1.14 bits per heavy atom. The molecule has 1 heterocycles. The number of hydrogen-bond donors (Lipinski definition) is 1. The molecule has 0 spiro atoms. The number of carbonyl (C=O) groups excluding carboxylic acids is 2. The van der Waals surface area contributed by atoms with Crippen LogP contribution in [0.15, 0.2) is 65.2 Å². The Labute approximate surface area is 162 Å². The number of amides is 2. The van der Waals surface area contributed by atoms with E-state index in [-0.39, 0.29) is 18.9 Å². The largest absolute Gasteiger partial charge is 0.441 e. The Bertz CT molecular complexity index is 956. The number of anilines is 1. The first-order chi connectivity index (χ1) is 13.5. The highest BCUT2D eigenvalue weighted by atomic mass is 19.1. The van der Waals surface area contributed by atoms with Crippen LogP contribution in [0.5, 0.6) is 0 Å². The molecule has 0 fully saturated rings. The fourth-order valence-corrected chi connectivity index (χ4v) is 2.64. The van der Waals surface area contributed by atoms with Gasteiger partial charge in [0.2, 0.25) is 11.8 Å². The smallest absolute Gasteiger partial charge is 0.243 e. The Hall–Kier alpha value is -3.48. The molecule has 3 rings (SSSR count). The molecule has 28 heavy (non-hydrogen) atoms. The molecule has 7 heteroatoms. The summed E-state index contributed by atoms with van der Waals surface area (Å²) in [5.41, 5.74) is 1.26. The van der Waals surface area contributed by atoms with E-state index >= 15 is 0 Å². The summed E-state index contributed by atoms with van der Waals surface area (Å²) in [6, 6.07) is 15.1. The minimum Gasteiger partial charge on any atom is -0.441 e. The van der Waals surface area contributed by atoms with E-state index in [1.165, 1.54) is 23.1 Å². The monoisotopic (exact) mass is 381 g/mol. The number of aryl methyl sites for hydroxylation is 1. The van der Waals surface area contributed by atoms with Crippen LogP contribution in [-0.4, -0.2) is 35.3 Å². The zero-order valence-electron chi connectivity index (χ0n) is 15.4. The lowest BCUT2D eigenvalue weighted by Crippen LogP contribution is -2.35. The fourth-order valence-electron chi connectivity index (χ4n) is 2.64. The summed E-state index contributed by atoms with van der Waals surface area (Å²) in [6.45, 7) is -0.129. The second-order valence-corrected chi connectivity index (χ2v) is 6.29. The number of likely N-dealkylation sites (N-methyl/N-ethyl adjacent to an activating group) is 1. The molecule has 0 aliphatic heterocycles. The number of benzene rings is 2. The van der Waals surface area contributed by atoms with Gasteiger partial charge in [0.1, 0.15) is 5.82 Å². The first kappa shape index (κ1) is 19.3. The van der Waals surface area contributed by atoms with Crippen LogP contribution in [-0.2, 0) is 16.0 Å². The zero-order chi connectivity index (χ0) is 19.9. The zero-order valence-corrected chi connectivity index (χ0v) is 15.4. The molecule has 0 aliphatic rings. The molecule has 0 unspecified atom stereocenters. The van der Waals surface area contributed by atoms with Gasteiger partial charge in [-0.15, -0.1) is 0 Å². The van der Waals surface area contributed by atoms with E-state index in [9.17, 15) is 14.0 Å². The second kappa shape index (κ2) is 8.94. The molecule has 0 saturated heterocycles. The average molecular weight is 381 g/mol. The summed E-state index contributed by atoms with van der Waals surface area (Å²) in [6.07, 6.45) is 2.13. The molecule has 6 nitrogen and oxygen atoms in total. The number of carbonyl (C=O) groups is 2. The van der Waals surface area contributed by atoms with E-state index in [0.29, 0.717) is 23.8 Å². The van der Waals surface area contributed by atoms with Gasteiger partial charge in [0.15, 0.2) is 11.7 Å². The van der Waals surface area contributed by atoms with Gasteiger partial charge in [0, 0.05) is 31.1 Å². The van der Waals surface area contributed by atoms with Crippen molar-refractivity contribution >= 4 is 17.5 Å². The summed E-state index contributed by atoms with van der Waals surface area (Å²) >= 11 is 0. The topological polar surface area (TPSA) is 75.4 Å². The molecule has 2 amide bonds. The van der Waals surface area contributed by atoms with Gasteiger partial charge in [-0.2, -0.15) is 0 Å². The molecule has 0 aliphatic carbocycles. The van der Waals surface area contributed by atoms with Gasteiger partial charge < -0.3 is 14.6 Å². The van der Waals surface area contributed by atoms with Crippen molar-refractivity contribution < 1.29 is 18.4 Å². The molecular formula is C21H20FN3O3. The minimum atomic E-state index is -0.442. The van der Waals surface area contributed by atoms with Gasteiger partial charge in [0.25, 0.3) is 0 Å². The van der Waals surface area contributed by atoms with Crippen molar-refractivity contribution in [2.45, 2.75) is 12.8 Å². The lowest BCUT2D eigenvalue weighted by molar-refractivity contribution is -0.133. The van der Waals surface area contributed by atoms with Crippen molar-refractivity contribution in [3.8, 4) is 11.3 Å². The Morgan fingerprint density at radius 3 is 2.68 bits per heavy atom. The lowest BCUT2D eigenvalue weighted by atomic mass is 10.2. The molecule has 0 atom stereocenters. The summed E-state index contributed by atoms with van der Waals surface area (Å²) in [5.74, 6) is 0.0523. The van der Waals surface area contributed by atoms with Crippen LogP contribution in [0.1, 0.15) is 12.3 Å². The number of nitrogens with zero attached hydrogens (tertiary/aromatic N) is 2. The SMILES string of the molecule is CN(CC(=O)Nc1cccc(F)c1)C(=O)CCc1ncc(-c2ccccc2)o1. The van der Waals surface area contributed by atoms with Crippen molar-refractivity contribution in [2.75, 3.05) is 18.9 Å². The van der Waals surface area contributed by atoms with E-state index in [1.54, 1.807) is 19.3 Å². The molecule has 144 valence electrons. The average Bonchev–Trinajstić information content (AvgIpc) is 3.15. The van der Waals surface area contributed by atoms with Gasteiger partial charge in [-0.1, -0.05) is 36.4 Å². The Balaban J connectivity index is 1.48. The van der Waals surface area contributed by atoms with Crippen LogP contribution in [0, 0.1) is 5.82 Å². The van der Waals surface area contributed by atoms with E-state index in [1.807, 2.05) is 30.3 Å². The van der Waals surface area contributed by atoms with Crippen molar-refractivity contribution in [3.63, 3.8) is 0 Å². The van der Waals surface area contributed by atoms with Crippen molar-refractivity contribution in [3.05, 3.63) is 72.5 Å². The summed E-state index contributed by atoms with van der Waals surface area (Å²) in [5, 5.41) is 2.56. The van der Waals surface area contributed by atoms with Gasteiger partial charge in [0.05, 0.1) is 12.7 Å². The molecular weight excluding hydrogens is 361 g/mol. The predicted octanol–water partition coefficient (Wildman–Crippen LogP) is 3.51. The summed E-state index contributed by atoms with van der Waals surface area (Å²) < 4.78 is 18.8. The number of rotatable bonds is 7. The maximum Gasteiger partial charge on any atom is 0.243 e. The van der Waals surface area contributed by atoms with E-state index in [0.717, 1.165) is 5.56 Å². The first-order valence-electron chi connectivity index (χ1n) is 8.81. The highest BCUT2D eigenvalue weighted by Crippen LogP contribution is 2.20. The number of nitrogens with one attached hydrogen (secondary N) is 1. The quantitative estimate of drug-likeness (QED) is 0.680. The Kier molecular flexibility index (Phi) is 6.16. The van der Waals surface area contributed by atoms with Crippen molar-refractivity contribution in [1.29, 1.82) is 0 Å². The van der Waals surface area contributed by atoms with Crippen LogP contribution in [0.3, 0.4) is 0 Å². The predicted molar refractivity (Wildman–Crippen MR) is 103 cm³/mol. The van der Waals surface area contributed by atoms with E-state index in [2.05, 4.69) is 10.3 Å². The number of halogens is 1. The van der Waals surface area contributed by atoms with Crippen molar-refractivity contribution in [2.24, 2.45) is 0 Å². The van der Waals surface area contributed by atoms with Crippen LogP contribution >= 0.6 is 0 Å². The standard InChI is InChI=1S/C21H20FN3O3/c1-25(14-19(26)24-17-9-5-8-16(22)12-17)21(27)11-10-20-23-13-18(28-20)15-6-3-2-4-7-15/h2-9,12-13H,10-11,14H2,1H3,(H,24,26). The minimum absolute atomic E-state index is 0.129. The maximum absolute atomic E-state index is 13.1. The molecule has 3 aromatic rings. The van der Waals surface area contributed by atoms with Crippen LogP contribution in [0.25, 0.3) is 11.3 Å². The molecule has 2 aromatic carbocycles. The van der Waals surface area contributed by atoms with Gasteiger partial charge in [-0.25, -0.2) is 9.37 Å². The lowest BCUT2D eigenvalue weighted by Gasteiger charge is -2.16. The number of aromatic nitrogens is 1. The molecule has 0 bridgehead atoms. The van der Waals surface area contributed by atoms with Crippen molar-refractivity contribution in [1.82, 2.24) is 9.88 Å². The first-order valence-corrected chi connectivity index (χ1v) is 8.81. The molecule has 0 radical (unpaired) electrons. The summed E-state index contributed by atoms with van der Waals surface area (Å²) in [7, 11) is 1.54. The molecule has 0 saturated carbocycles. The number of oxazole rings is 1. The highest BCUT2D eigenvalue weighted by Gasteiger charge is 2.15. The molecule has 1 aromatic heterocycles. The molecule has 1 N–H and O–H groups in total. The Morgan fingerprint density at radius 2 is 1.93 bits per heavy atom. The fraction of sp³-hybridized carbons (Fsp3) is 0.190. The van der Waals surface area contributed by atoms with Gasteiger partial charge >= 0.3 is 0 Å². The van der Waals surface area contributed by atoms with Crippen LogP contribution < -0.4 is 5.32 Å². The number of hydrogen-bond acceptors (Lipinski definition) is 4. The third kappa shape index (κ3) is 5.26. The second-order valence-electron chi connectivity index (χ2n) is 6.29. The van der Waals surface area contributed by atoms with E-state index in [4.69, 9.17) is 4.42 Å². The van der Waals surface area contributed by atoms with Gasteiger partial charge in [-0.3, -0.25) is 9.59 Å². The van der Waals surface area contributed by atoms with Crippen LogP contribution in [0.4, 0.5) is 10.1 Å². The van der Waals surface area contributed by atoms with Crippen LogP contribution in [0.2, 0.25) is 0 Å².